The normalized spacial score (nSPS) is 14.6. The Morgan fingerprint density at radius 3 is 2.69 bits per heavy atom. The van der Waals surface area contributed by atoms with Crippen LogP contribution in [0.5, 0.6) is 0 Å². The number of nitrogens with one attached hydrogen (secondary N) is 2. The average molecular weight is 495 g/mol. The monoisotopic (exact) mass is 494 g/mol. The van der Waals surface area contributed by atoms with Crippen molar-refractivity contribution in [2.45, 2.75) is 51.0 Å². The van der Waals surface area contributed by atoms with Gasteiger partial charge in [0.05, 0.1) is 0 Å². The summed E-state index contributed by atoms with van der Waals surface area (Å²) in [6, 6.07) is 3.75. The van der Waals surface area contributed by atoms with Gasteiger partial charge in [-0.05, 0) is 50.2 Å². The van der Waals surface area contributed by atoms with Gasteiger partial charge in [-0.15, -0.1) is 24.0 Å². The van der Waals surface area contributed by atoms with Gasteiger partial charge in [-0.3, -0.25) is 9.79 Å². The van der Waals surface area contributed by atoms with Crippen molar-refractivity contribution in [1.82, 2.24) is 15.6 Å². The van der Waals surface area contributed by atoms with Crippen molar-refractivity contribution in [2.24, 2.45) is 4.99 Å². The van der Waals surface area contributed by atoms with Crippen LogP contribution in [0.4, 0.5) is 0 Å². The molecule has 8 heteroatoms. The Hall–Kier alpha value is -1.09. The summed E-state index contributed by atoms with van der Waals surface area (Å²) in [5, 5.41) is 6.95. The van der Waals surface area contributed by atoms with Gasteiger partial charge in [0, 0.05) is 32.8 Å². The third-order valence-corrected chi connectivity index (χ3v) is 4.39. The lowest BCUT2D eigenvalue weighted by Gasteiger charge is -2.13. The zero-order chi connectivity index (χ0) is 17.9. The molecule has 0 aliphatic heterocycles. The lowest BCUT2D eigenvalue weighted by atomic mass is 10.2. The van der Waals surface area contributed by atoms with Gasteiger partial charge in [0.25, 0.3) is 0 Å². The fraction of sp³-hybridized carbons (Fsp3) is 0.611. The molecule has 1 aromatic rings. The van der Waals surface area contributed by atoms with E-state index in [4.69, 9.17) is 16.3 Å². The second-order valence-electron chi connectivity index (χ2n) is 6.16. The van der Waals surface area contributed by atoms with Crippen LogP contribution < -0.4 is 10.6 Å². The van der Waals surface area contributed by atoms with Gasteiger partial charge >= 0.3 is 5.97 Å². The molecule has 0 amide bonds. The average Bonchev–Trinajstić information content (AvgIpc) is 3.11. The maximum Gasteiger partial charge on any atom is 0.306 e. The molecule has 2 rings (SSSR count). The van der Waals surface area contributed by atoms with E-state index in [1.807, 2.05) is 6.07 Å². The van der Waals surface area contributed by atoms with Gasteiger partial charge in [-0.1, -0.05) is 17.7 Å². The lowest BCUT2D eigenvalue weighted by Crippen LogP contribution is -2.38. The van der Waals surface area contributed by atoms with E-state index in [9.17, 15) is 4.79 Å². The highest BCUT2D eigenvalue weighted by molar-refractivity contribution is 14.0. The van der Waals surface area contributed by atoms with Crippen molar-refractivity contribution in [3.05, 3.63) is 29.0 Å². The molecule has 0 unspecified atom stereocenters. The number of ether oxygens (including phenoxy) is 1. The quantitative estimate of drug-likeness (QED) is 0.145. The van der Waals surface area contributed by atoms with Crippen LogP contribution in [0.15, 0.2) is 23.3 Å². The summed E-state index contributed by atoms with van der Waals surface area (Å²) in [6.45, 7) is 1.43. The summed E-state index contributed by atoms with van der Waals surface area (Å²) in [7, 11) is 1.73. The highest BCUT2D eigenvalue weighted by atomic mass is 127. The summed E-state index contributed by atoms with van der Waals surface area (Å²) in [6.07, 6.45) is 8.31. The van der Waals surface area contributed by atoms with E-state index in [1.165, 1.54) is 12.8 Å². The first kappa shape index (κ1) is 23.0. The molecule has 6 nitrogen and oxygen atoms in total. The predicted molar refractivity (Wildman–Crippen MR) is 115 cm³/mol. The van der Waals surface area contributed by atoms with Crippen molar-refractivity contribution < 1.29 is 9.53 Å². The molecule has 0 saturated heterocycles. The topological polar surface area (TPSA) is 75.6 Å². The van der Waals surface area contributed by atoms with Crippen LogP contribution in [0, 0.1) is 0 Å². The first-order valence-electron chi connectivity index (χ1n) is 8.92. The molecule has 0 spiro atoms. The van der Waals surface area contributed by atoms with Crippen LogP contribution in [0.3, 0.4) is 0 Å². The molecule has 1 aliphatic carbocycles. The summed E-state index contributed by atoms with van der Waals surface area (Å²) < 4.78 is 5.44. The summed E-state index contributed by atoms with van der Waals surface area (Å²) in [5.41, 5.74) is 1.11. The molecule has 1 aromatic heterocycles. The third-order valence-electron chi connectivity index (χ3n) is 4.17. The Kier molecular flexibility index (Phi) is 11.6. The number of hydrogen-bond acceptors (Lipinski definition) is 4. The Bertz CT molecular complexity index is 563. The molecule has 146 valence electrons. The molecule has 0 bridgehead atoms. The van der Waals surface area contributed by atoms with Gasteiger partial charge in [-0.25, -0.2) is 4.98 Å². The number of hydrogen-bond donors (Lipinski definition) is 2. The minimum absolute atomic E-state index is 0. The highest BCUT2D eigenvalue weighted by Crippen LogP contribution is 2.21. The van der Waals surface area contributed by atoms with Crippen LogP contribution in [0.25, 0.3) is 0 Å². The number of carbonyl (C=O) groups is 1. The van der Waals surface area contributed by atoms with E-state index in [1.54, 1.807) is 19.3 Å². The second kappa shape index (κ2) is 13.1. The lowest BCUT2D eigenvalue weighted by molar-refractivity contribution is -0.148. The fourth-order valence-corrected chi connectivity index (χ4v) is 2.90. The van der Waals surface area contributed by atoms with Crippen molar-refractivity contribution >= 4 is 47.5 Å². The molecular formula is C18H28ClIN4O2. The van der Waals surface area contributed by atoms with Crippen molar-refractivity contribution in [1.29, 1.82) is 0 Å². The molecule has 0 radical (unpaired) electrons. The smallest absolute Gasteiger partial charge is 0.306 e. The second-order valence-corrected chi connectivity index (χ2v) is 6.55. The van der Waals surface area contributed by atoms with Gasteiger partial charge < -0.3 is 15.4 Å². The zero-order valence-corrected chi connectivity index (χ0v) is 18.3. The first-order valence-corrected chi connectivity index (χ1v) is 9.29. The molecule has 1 fully saturated rings. The number of aliphatic imine (C=N–C) groups is 1. The largest absolute Gasteiger partial charge is 0.462 e. The number of carbonyl (C=O) groups excluding carboxylic acids is 1. The minimum Gasteiger partial charge on any atom is -0.462 e. The first-order chi connectivity index (χ1) is 12.2. The number of esters is 1. The molecule has 1 saturated carbocycles. The molecule has 2 N–H and O–H groups in total. The number of aromatic nitrogens is 1. The van der Waals surface area contributed by atoms with Crippen molar-refractivity contribution in [3.63, 3.8) is 0 Å². The number of nitrogens with zero attached hydrogens (tertiary/aromatic N) is 2. The molecule has 0 aromatic carbocycles. The van der Waals surface area contributed by atoms with Gasteiger partial charge in [-0.2, -0.15) is 0 Å². The Balaban J connectivity index is 0.00000338. The standard InChI is InChI=1S/C18H27ClN4O2.HI/c1-20-18(22-12-10-14-8-9-16(19)23-13-14)21-11-4-7-17(24)25-15-5-2-3-6-15;/h8-9,13,15H,2-7,10-12H2,1H3,(H2,20,21,22);1H. The van der Waals surface area contributed by atoms with Crippen LogP contribution in [0.2, 0.25) is 5.15 Å². The minimum atomic E-state index is -0.0908. The number of pyridine rings is 1. The molecular weight excluding hydrogens is 467 g/mol. The SMILES string of the molecule is CN=C(NCCCC(=O)OC1CCCC1)NCCc1ccc(Cl)nc1.I. The fourth-order valence-electron chi connectivity index (χ4n) is 2.79. The van der Waals surface area contributed by atoms with E-state index < -0.39 is 0 Å². The molecule has 1 aliphatic rings. The van der Waals surface area contributed by atoms with Gasteiger partial charge in [0.1, 0.15) is 11.3 Å². The summed E-state index contributed by atoms with van der Waals surface area (Å²) >= 11 is 5.77. The summed E-state index contributed by atoms with van der Waals surface area (Å²) in [4.78, 5) is 20.0. The van der Waals surface area contributed by atoms with Crippen molar-refractivity contribution in [3.8, 4) is 0 Å². The number of rotatable bonds is 8. The third kappa shape index (κ3) is 9.02. The predicted octanol–water partition coefficient (Wildman–Crippen LogP) is 3.33. The van der Waals surface area contributed by atoms with Crippen LogP contribution in [-0.4, -0.2) is 43.2 Å². The zero-order valence-electron chi connectivity index (χ0n) is 15.2. The van der Waals surface area contributed by atoms with E-state index in [2.05, 4.69) is 20.6 Å². The Labute approximate surface area is 177 Å². The number of guanidine groups is 1. The van der Waals surface area contributed by atoms with E-state index >= 15 is 0 Å². The van der Waals surface area contributed by atoms with Crippen LogP contribution in [0.1, 0.15) is 44.1 Å². The van der Waals surface area contributed by atoms with Gasteiger partial charge in [0.2, 0.25) is 0 Å². The van der Waals surface area contributed by atoms with Gasteiger partial charge in [0.15, 0.2) is 5.96 Å². The maximum absolute atomic E-state index is 11.8. The van der Waals surface area contributed by atoms with Crippen LogP contribution >= 0.6 is 35.6 Å². The van der Waals surface area contributed by atoms with Crippen molar-refractivity contribution in [2.75, 3.05) is 20.1 Å². The van der Waals surface area contributed by atoms with E-state index in [0.717, 1.165) is 43.8 Å². The molecule has 26 heavy (non-hydrogen) atoms. The number of halogens is 2. The van der Waals surface area contributed by atoms with E-state index in [0.29, 0.717) is 18.1 Å². The summed E-state index contributed by atoms with van der Waals surface area (Å²) in [5.74, 6) is 0.637. The van der Waals surface area contributed by atoms with E-state index in [-0.39, 0.29) is 36.0 Å². The highest BCUT2D eigenvalue weighted by Gasteiger charge is 2.18. The molecule has 0 atom stereocenters. The Morgan fingerprint density at radius 1 is 1.31 bits per heavy atom. The Morgan fingerprint density at radius 2 is 2.04 bits per heavy atom. The maximum atomic E-state index is 11.8. The van der Waals surface area contributed by atoms with Crippen LogP contribution in [-0.2, 0) is 16.0 Å². The molecule has 1 heterocycles.